The van der Waals surface area contributed by atoms with E-state index in [-0.39, 0.29) is 12.5 Å². The Hall–Kier alpha value is -1.75. The number of hydrogen-bond acceptors (Lipinski definition) is 4. The van der Waals surface area contributed by atoms with Gasteiger partial charge in [-0.3, -0.25) is 4.79 Å². The van der Waals surface area contributed by atoms with E-state index in [4.69, 9.17) is 16.2 Å². The van der Waals surface area contributed by atoms with Crippen molar-refractivity contribution in [3.05, 3.63) is 24.3 Å². The number of rotatable bonds is 9. The van der Waals surface area contributed by atoms with E-state index in [2.05, 4.69) is 5.32 Å². The first-order valence-corrected chi connectivity index (χ1v) is 6.67. The fraction of sp³-hybridized carbons (Fsp3) is 0.500. The third kappa shape index (κ3) is 7.31. The van der Waals surface area contributed by atoms with Crippen molar-refractivity contribution in [2.24, 2.45) is 5.73 Å². The highest BCUT2D eigenvalue weighted by Crippen LogP contribution is 2.12. The van der Waals surface area contributed by atoms with Gasteiger partial charge in [0, 0.05) is 12.2 Å². The molecule has 0 bridgehead atoms. The molecule has 1 rings (SSSR count). The highest BCUT2D eigenvalue weighted by molar-refractivity contribution is 5.77. The van der Waals surface area contributed by atoms with E-state index < -0.39 is 0 Å². The van der Waals surface area contributed by atoms with Crippen molar-refractivity contribution in [2.45, 2.75) is 25.7 Å². The monoisotopic (exact) mass is 265 g/mol. The molecule has 0 radical (unpaired) electrons. The highest BCUT2D eigenvalue weighted by Gasteiger charge is 2.01. The summed E-state index contributed by atoms with van der Waals surface area (Å²) in [6.45, 7) is 1.46. The van der Waals surface area contributed by atoms with E-state index in [0.29, 0.717) is 18.0 Å². The standard InChI is InChI=1S/C14H23N3O2/c15-9-3-1-2-4-10-17-14(18)11-19-13-7-5-12(16)6-8-13/h5-8H,1-4,9-11,15-16H2,(H,17,18). The Bertz CT molecular complexity index is 365. The van der Waals surface area contributed by atoms with Crippen LogP contribution >= 0.6 is 0 Å². The van der Waals surface area contributed by atoms with Crippen LogP contribution in [0.4, 0.5) is 5.69 Å². The van der Waals surface area contributed by atoms with Crippen molar-refractivity contribution in [2.75, 3.05) is 25.4 Å². The third-order valence-corrected chi connectivity index (χ3v) is 2.70. The second-order valence-corrected chi connectivity index (χ2v) is 4.41. The lowest BCUT2D eigenvalue weighted by Crippen LogP contribution is -2.29. The minimum absolute atomic E-state index is 0.0344. The Morgan fingerprint density at radius 2 is 1.79 bits per heavy atom. The molecule has 0 fully saturated rings. The van der Waals surface area contributed by atoms with Gasteiger partial charge in [-0.2, -0.15) is 0 Å². The fourth-order valence-corrected chi connectivity index (χ4v) is 1.61. The summed E-state index contributed by atoms with van der Waals surface area (Å²) in [5, 5.41) is 2.82. The summed E-state index contributed by atoms with van der Waals surface area (Å²) < 4.78 is 5.33. The summed E-state index contributed by atoms with van der Waals surface area (Å²) in [7, 11) is 0. The minimum Gasteiger partial charge on any atom is -0.484 e. The SMILES string of the molecule is NCCCCCCNC(=O)COc1ccc(N)cc1. The molecule has 19 heavy (non-hydrogen) atoms. The molecular weight excluding hydrogens is 242 g/mol. The zero-order chi connectivity index (χ0) is 13.9. The number of nitrogens with one attached hydrogen (secondary N) is 1. The predicted octanol–water partition coefficient (Wildman–Crippen LogP) is 1.28. The molecule has 0 atom stereocenters. The topological polar surface area (TPSA) is 90.4 Å². The van der Waals surface area contributed by atoms with Crippen molar-refractivity contribution in [3.63, 3.8) is 0 Å². The maximum absolute atomic E-state index is 11.5. The minimum atomic E-state index is -0.101. The Kier molecular flexibility index (Phi) is 7.43. The van der Waals surface area contributed by atoms with Crippen LogP contribution in [0.3, 0.4) is 0 Å². The van der Waals surface area contributed by atoms with Crippen LogP contribution in [0.25, 0.3) is 0 Å². The second-order valence-electron chi connectivity index (χ2n) is 4.41. The number of amides is 1. The number of nitrogen functional groups attached to an aromatic ring is 1. The lowest BCUT2D eigenvalue weighted by molar-refractivity contribution is -0.123. The molecule has 0 heterocycles. The highest BCUT2D eigenvalue weighted by atomic mass is 16.5. The van der Waals surface area contributed by atoms with E-state index in [9.17, 15) is 4.79 Å². The molecule has 1 aromatic rings. The van der Waals surface area contributed by atoms with Gasteiger partial charge in [0.25, 0.3) is 5.91 Å². The molecule has 0 aliphatic heterocycles. The van der Waals surface area contributed by atoms with Gasteiger partial charge in [0.1, 0.15) is 5.75 Å². The summed E-state index contributed by atoms with van der Waals surface area (Å²) in [6, 6.07) is 6.97. The normalized spacial score (nSPS) is 10.2. The van der Waals surface area contributed by atoms with Crippen molar-refractivity contribution in [3.8, 4) is 5.75 Å². The molecule has 1 amide bonds. The number of benzene rings is 1. The summed E-state index contributed by atoms with van der Waals surface area (Å²) in [5.74, 6) is 0.544. The van der Waals surface area contributed by atoms with Crippen molar-refractivity contribution < 1.29 is 9.53 Å². The molecule has 5 N–H and O–H groups in total. The second kappa shape index (κ2) is 9.22. The quantitative estimate of drug-likeness (QED) is 0.463. The van der Waals surface area contributed by atoms with Gasteiger partial charge in [-0.15, -0.1) is 0 Å². The first-order chi connectivity index (χ1) is 9.22. The first kappa shape index (κ1) is 15.3. The molecule has 106 valence electrons. The average Bonchev–Trinajstić information content (AvgIpc) is 2.42. The van der Waals surface area contributed by atoms with E-state index >= 15 is 0 Å². The number of nitrogens with two attached hydrogens (primary N) is 2. The molecule has 0 aliphatic carbocycles. The fourth-order valence-electron chi connectivity index (χ4n) is 1.61. The van der Waals surface area contributed by atoms with Gasteiger partial charge >= 0.3 is 0 Å². The van der Waals surface area contributed by atoms with Gasteiger partial charge in [0.15, 0.2) is 6.61 Å². The Morgan fingerprint density at radius 1 is 1.11 bits per heavy atom. The number of anilines is 1. The zero-order valence-electron chi connectivity index (χ0n) is 11.2. The third-order valence-electron chi connectivity index (χ3n) is 2.70. The molecule has 1 aromatic carbocycles. The number of hydrogen-bond donors (Lipinski definition) is 3. The number of unbranched alkanes of at least 4 members (excludes halogenated alkanes) is 3. The predicted molar refractivity (Wildman–Crippen MR) is 76.9 cm³/mol. The van der Waals surface area contributed by atoms with Crippen molar-refractivity contribution >= 4 is 11.6 Å². The van der Waals surface area contributed by atoms with Crippen LogP contribution in [0.1, 0.15) is 25.7 Å². The Balaban J connectivity index is 2.06. The van der Waals surface area contributed by atoms with Gasteiger partial charge in [0.05, 0.1) is 0 Å². The van der Waals surface area contributed by atoms with Gasteiger partial charge in [-0.1, -0.05) is 12.8 Å². The van der Waals surface area contributed by atoms with Crippen LogP contribution in [-0.4, -0.2) is 25.6 Å². The van der Waals surface area contributed by atoms with Crippen LogP contribution in [-0.2, 0) is 4.79 Å². The van der Waals surface area contributed by atoms with Gasteiger partial charge < -0.3 is 21.5 Å². The van der Waals surface area contributed by atoms with Crippen LogP contribution in [0.2, 0.25) is 0 Å². The lowest BCUT2D eigenvalue weighted by atomic mass is 10.2. The van der Waals surface area contributed by atoms with E-state index in [1.54, 1.807) is 24.3 Å². The van der Waals surface area contributed by atoms with Crippen LogP contribution in [0.5, 0.6) is 5.75 Å². The van der Waals surface area contributed by atoms with Crippen LogP contribution < -0.4 is 21.5 Å². The van der Waals surface area contributed by atoms with Gasteiger partial charge in [-0.25, -0.2) is 0 Å². The van der Waals surface area contributed by atoms with Crippen LogP contribution in [0, 0.1) is 0 Å². The van der Waals surface area contributed by atoms with Crippen molar-refractivity contribution in [1.29, 1.82) is 0 Å². The summed E-state index contributed by atoms with van der Waals surface area (Å²) in [5.41, 5.74) is 11.6. The Labute approximate surface area is 114 Å². The van der Waals surface area contributed by atoms with E-state index in [0.717, 1.165) is 32.2 Å². The van der Waals surface area contributed by atoms with Gasteiger partial charge in [0.2, 0.25) is 0 Å². The summed E-state index contributed by atoms with van der Waals surface area (Å²) in [6.07, 6.45) is 4.24. The molecule has 0 saturated heterocycles. The summed E-state index contributed by atoms with van der Waals surface area (Å²) in [4.78, 5) is 11.5. The van der Waals surface area contributed by atoms with E-state index in [1.807, 2.05) is 0 Å². The maximum Gasteiger partial charge on any atom is 0.257 e. The molecule has 0 unspecified atom stereocenters. The van der Waals surface area contributed by atoms with Gasteiger partial charge in [-0.05, 0) is 43.7 Å². The lowest BCUT2D eigenvalue weighted by Gasteiger charge is -2.07. The van der Waals surface area contributed by atoms with Crippen molar-refractivity contribution in [1.82, 2.24) is 5.32 Å². The average molecular weight is 265 g/mol. The molecule has 0 spiro atoms. The molecule has 0 aliphatic rings. The summed E-state index contributed by atoms with van der Waals surface area (Å²) >= 11 is 0. The number of carbonyl (C=O) groups is 1. The zero-order valence-corrected chi connectivity index (χ0v) is 11.2. The molecule has 0 aromatic heterocycles. The smallest absolute Gasteiger partial charge is 0.257 e. The first-order valence-electron chi connectivity index (χ1n) is 6.67. The molecular formula is C14H23N3O2. The van der Waals surface area contributed by atoms with Crippen LogP contribution in [0.15, 0.2) is 24.3 Å². The van der Waals surface area contributed by atoms with E-state index in [1.165, 1.54) is 0 Å². The molecule has 0 saturated carbocycles. The number of ether oxygens (including phenoxy) is 1. The Morgan fingerprint density at radius 3 is 2.47 bits per heavy atom. The maximum atomic E-state index is 11.5. The molecule has 5 heteroatoms. The largest absolute Gasteiger partial charge is 0.484 e. The number of carbonyl (C=O) groups excluding carboxylic acids is 1. The molecule has 5 nitrogen and oxygen atoms in total.